The Morgan fingerprint density at radius 3 is 2.38 bits per heavy atom. The monoisotopic (exact) mass is 390 g/mol. The summed E-state index contributed by atoms with van der Waals surface area (Å²) in [7, 11) is 1.66. The summed E-state index contributed by atoms with van der Waals surface area (Å²) in [4.78, 5) is 15.3. The van der Waals surface area contributed by atoms with Crippen LogP contribution in [0, 0.1) is 17.8 Å². The molecule has 152 valence electrons. The van der Waals surface area contributed by atoms with E-state index in [0.29, 0.717) is 13.1 Å². The molecule has 4 heteroatoms. The topological polar surface area (TPSA) is 41.6 Å². The molecule has 4 fully saturated rings. The fourth-order valence-electron chi connectivity index (χ4n) is 6.28. The number of carbonyl (C=O) groups is 1. The molecule has 6 rings (SSSR count). The molecule has 4 bridgehead atoms. The Labute approximate surface area is 173 Å². The molecule has 4 nitrogen and oxygen atoms in total. The van der Waals surface area contributed by atoms with E-state index >= 15 is 0 Å². The van der Waals surface area contributed by atoms with E-state index < -0.39 is 0 Å². The molecule has 2 aromatic carbocycles. The molecule has 0 aliphatic heterocycles. The van der Waals surface area contributed by atoms with Crippen LogP contribution >= 0.6 is 0 Å². The number of carbonyl (C=O) groups excluding carboxylic acids is 1. The van der Waals surface area contributed by atoms with Crippen molar-refractivity contribution >= 4 is 11.6 Å². The molecule has 4 aliphatic carbocycles. The van der Waals surface area contributed by atoms with E-state index in [1.54, 1.807) is 7.11 Å². The maximum Gasteiger partial charge on any atom is 0.241 e. The molecular formula is C25H30N2O2. The van der Waals surface area contributed by atoms with Crippen LogP contribution in [0.25, 0.3) is 0 Å². The van der Waals surface area contributed by atoms with Gasteiger partial charge in [0.25, 0.3) is 0 Å². The van der Waals surface area contributed by atoms with Gasteiger partial charge in [-0.05, 0) is 79.7 Å². The number of ether oxygens (including phenoxy) is 1. The van der Waals surface area contributed by atoms with Crippen LogP contribution in [0.5, 0.6) is 5.75 Å². The second kappa shape index (κ2) is 7.49. The Morgan fingerprint density at radius 2 is 1.72 bits per heavy atom. The first kappa shape index (κ1) is 18.7. The molecule has 0 aromatic heterocycles. The first-order chi connectivity index (χ1) is 14.1. The van der Waals surface area contributed by atoms with Crippen LogP contribution in [0.2, 0.25) is 0 Å². The normalized spacial score (nSPS) is 29.2. The number of nitrogens with one attached hydrogen (secondary N) is 1. The third kappa shape index (κ3) is 3.55. The van der Waals surface area contributed by atoms with Gasteiger partial charge in [0.2, 0.25) is 5.91 Å². The van der Waals surface area contributed by atoms with Gasteiger partial charge in [-0.2, -0.15) is 0 Å². The Morgan fingerprint density at radius 1 is 1.03 bits per heavy atom. The summed E-state index contributed by atoms with van der Waals surface area (Å²) in [6.45, 7) is 0.990. The predicted molar refractivity (Wildman–Crippen MR) is 115 cm³/mol. The quantitative estimate of drug-likeness (QED) is 0.762. The third-order valence-corrected chi connectivity index (χ3v) is 7.45. The largest absolute Gasteiger partial charge is 0.497 e. The lowest BCUT2D eigenvalue weighted by atomic mass is 9.80. The van der Waals surface area contributed by atoms with Crippen LogP contribution in [0.15, 0.2) is 54.6 Å². The second-order valence-electron chi connectivity index (χ2n) is 9.22. The van der Waals surface area contributed by atoms with E-state index in [1.807, 2.05) is 47.4 Å². The van der Waals surface area contributed by atoms with Gasteiger partial charge in [-0.1, -0.05) is 30.3 Å². The van der Waals surface area contributed by atoms with Gasteiger partial charge in [0.15, 0.2) is 0 Å². The number of hydrogen-bond acceptors (Lipinski definition) is 3. The molecule has 29 heavy (non-hydrogen) atoms. The summed E-state index contributed by atoms with van der Waals surface area (Å²) in [5.74, 6) is 3.49. The molecule has 1 amide bonds. The number of rotatable bonds is 7. The zero-order valence-electron chi connectivity index (χ0n) is 17.1. The Hall–Kier alpha value is -2.33. The molecule has 0 saturated heterocycles. The van der Waals surface area contributed by atoms with Crippen molar-refractivity contribution in [2.24, 2.45) is 17.8 Å². The highest BCUT2D eigenvalue weighted by Gasteiger charge is 2.57. The van der Waals surface area contributed by atoms with Crippen molar-refractivity contribution in [3.63, 3.8) is 0 Å². The Balaban J connectivity index is 1.33. The molecule has 2 atom stereocenters. The Bertz CT molecular complexity index is 850. The van der Waals surface area contributed by atoms with Crippen molar-refractivity contribution in [1.82, 2.24) is 5.32 Å². The molecule has 1 N–H and O–H groups in total. The van der Waals surface area contributed by atoms with Crippen LogP contribution in [-0.2, 0) is 11.3 Å². The van der Waals surface area contributed by atoms with Crippen molar-refractivity contribution in [3.8, 4) is 5.75 Å². The minimum Gasteiger partial charge on any atom is -0.497 e. The van der Waals surface area contributed by atoms with Crippen LogP contribution < -0.4 is 15.0 Å². The van der Waals surface area contributed by atoms with E-state index in [-0.39, 0.29) is 11.4 Å². The standard InChI is InChI=1S/C25H30N2O2/c1-29-23-9-7-22(8-10-23)27(17-18-5-3-2-4-6-18)24(28)16-26-25-14-19-11-20(15-25)13-21(25)12-19/h2-10,19-21,26H,11-17H2,1H3. The molecular weight excluding hydrogens is 360 g/mol. The number of anilines is 1. The van der Waals surface area contributed by atoms with Crippen LogP contribution in [0.1, 0.15) is 37.7 Å². The minimum atomic E-state index is 0.139. The summed E-state index contributed by atoms with van der Waals surface area (Å²) in [6.07, 6.45) is 6.68. The van der Waals surface area contributed by atoms with Crippen molar-refractivity contribution in [2.75, 3.05) is 18.6 Å². The van der Waals surface area contributed by atoms with Gasteiger partial charge >= 0.3 is 0 Å². The van der Waals surface area contributed by atoms with Crippen LogP contribution in [0.3, 0.4) is 0 Å². The van der Waals surface area contributed by atoms with E-state index in [0.717, 1.165) is 34.8 Å². The molecule has 2 aromatic rings. The van der Waals surface area contributed by atoms with Gasteiger partial charge in [-0.3, -0.25) is 4.79 Å². The highest BCUT2D eigenvalue weighted by atomic mass is 16.5. The second-order valence-corrected chi connectivity index (χ2v) is 9.22. The van der Waals surface area contributed by atoms with Gasteiger partial charge in [-0.25, -0.2) is 0 Å². The highest BCUT2D eigenvalue weighted by molar-refractivity contribution is 5.94. The third-order valence-electron chi connectivity index (χ3n) is 7.45. The predicted octanol–water partition coefficient (Wildman–Crippen LogP) is 4.40. The summed E-state index contributed by atoms with van der Waals surface area (Å²) in [6, 6.07) is 18.0. The summed E-state index contributed by atoms with van der Waals surface area (Å²) < 4.78 is 5.29. The van der Waals surface area contributed by atoms with Gasteiger partial charge in [-0.15, -0.1) is 0 Å². The molecule has 0 heterocycles. The Kier molecular flexibility index (Phi) is 4.83. The van der Waals surface area contributed by atoms with Gasteiger partial charge < -0.3 is 15.0 Å². The first-order valence-electron chi connectivity index (χ1n) is 10.9. The lowest BCUT2D eigenvalue weighted by molar-refractivity contribution is -0.118. The van der Waals surface area contributed by atoms with Crippen molar-refractivity contribution in [1.29, 1.82) is 0 Å². The zero-order valence-corrected chi connectivity index (χ0v) is 17.1. The number of benzene rings is 2. The lowest BCUT2D eigenvalue weighted by Gasteiger charge is -2.35. The molecule has 0 spiro atoms. The summed E-state index contributed by atoms with van der Waals surface area (Å²) in [5, 5.41) is 3.76. The van der Waals surface area contributed by atoms with E-state index in [4.69, 9.17) is 4.74 Å². The first-order valence-corrected chi connectivity index (χ1v) is 10.9. The lowest BCUT2D eigenvalue weighted by Crippen LogP contribution is -2.51. The molecule has 0 radical (unpaired) electrons. The average Bonchev–Trinajstić information content (AvgIpc) is 3.15. The van der Waals surface area contributed by atoms with E-state index in [1.165, 1.54) is 32.1 Å². The van der Waals surface area contributed by atoms with Crippen molar-refractivity contribution in [3.05, 3.63) is 60.2 Å². The van der Waals surface area contributed by atoms with Crippen LogP contribution in [0.4, 0.5) is 5.69 Å². The number of nitrogens with zero attached hydrogens (tertiary/aromatic N) is 1. The van der Waals surface area contributed by atoms with Crippen molar-refractivity contribution in [2.45, 2.75) is 44.2 Å². The van der Waals surface area contributed by atoms with E-state index in [2.05, 4.69) is 17.4 Å². The molecule has 2 unspecified atom stereocenters. The number of methoxy groups -OCH3 is 1. The molecule has 4 aliphatic rings. The molecule has 4 saturated carbocycles. The number of amides is 1. The average molecular weight is 391 g/mol. The maximum atomic E-state index is 13.4. The van der Waals surface area contributed by atoms with Crippen molar-refractivity contribution < 1.29 is 9.53 Å². The zero-order chi connectivity index (χ0) is 19.8. The van der Waals surface area contributed by atoms with Gasteiger partial charge in [0.05, 0.1) is 20.2 Å². The fourth-order valence-corrected chi connectivity index (χ4v) is 6.28. The van der Waals surface area contributed by atoms with E-state index in [9.17, 15) is 4.79 Å². The maximum absolute atomic E-state index is 13.4. The summed E-state index contributed by atoms with van der Waals surface area (Å²) >= 11 is 0. The minimum absolute atomic E-state index is 0.139. The smallest absolute Gasteiger partial charge is 0.241 e. The SMILES string of the molecule is COc1ccc(N(Cc2ccccc2)C(=O)CNC23CC4CC(CC2C4)C3)cc1. The van der Waals surface area contributed by atoms with Crippen LogP contribution in [-0.4, -0.2) is 25.1 Å². The summed E-state index contributed by atoms with van der Waals surface area (Å²) in [5.41, 5.74) is 2.27. The highest BCUT2D eigenvalue weighted by Crippen LogP contribution is 2.60. The fraction of sp³-hybridized carbons (Fsp3) is 0.480. The van der Waals surface area contributed by atoms with Gasteiger partial charge in [0, 0.05) is 11.2 Å². The van der Waals surface area contributed by atoms with Gasteiger partial charge in [0.1, 0.15) is 5.75 Å². The number of hydrogen-bond donors (Lipinski definition) is 1.